The molecular formula is C18H19F3N6O3S. The van der Waals surface area contributed by atoms with Crippen LogP contribution in [0.2, 0.25) is 0 Å². The molecule has 0 saturated heterocycles. The van der Waals surface area contributed by atoms with E-state index in [1.54, 1.807) is 19.9 Å². The van der Waals surface area contributed by atoms with Crippen LogP contribution >= 0.6 is 0 Å². The molecule has 0 saturated carbocycles. The molecule has 13 heteroatoms. The number of halogens is 3. The summed E-state index contributed by atoms with van der Waals surface area (Å²) in [6, 6.07) is 4.01. The van der Waals surface area contributed by atoms with Crippen molar-refractivity contribution in [3.63, 3.8) is 0 Å². The van der Waals surface area contributed by atoms with Gasteiger partial charge in [0, 0.05) is 17.6 Å². The summed E-state index contributed by atoms with van der Waals surface area (Å²) in [7, 11) is -4.21. The van der Waals surface area contributed by atoms with E-state index in [1.807, 2.05) is 4.72 Å². The monoisotopic (exact) mass is 456 g/mol. The number of sulfonamides is 1. The van der Waals surface area contributed by atoms with Gasteiger partial charge in [-0.05, 0) is 32.0 Å². The third-order valence-corrected chi connectivity index (χ3v) is 5.56. The molecular weight excluding hydrogens is 437 g/mol. The van der Waals surface area contributed by atoms with Crippen molar-refractivity contribution in [2.45, 2.75) is 32.5 Å². The average Bonchev–Trinajstić information content (AvgIpc) is 2.66. The molecule has 0 radical (unpaired) electrons. The van der Waals surface area contributed by atoms with Crippen LogP contribution in [0.3, 0.4) is 0 Å². The molecule has 0 aliphatic rings. The second-order valence-corrected chi connectivity index (χ2v) is 8.89. The number of nitrogens with zero attached hydrogens (tertiary/aromatic N) is 4. The topological polar surface area (TPSA) is 133 Å². The van der Waals surface area contributed by atoms with Crippen molar-refractivity contribution in [2.24, 2.45) is 0 Å². The third-order valence-electron chi connectivity index (χ3n) is 4.28. The van der Waals surface area contributed by atoms with Gasteiger partial charge in [0.1, 0.15) is 5.65 Å². The highest BCUT2D eigenvalue weighted by atomic mass is 32.2. The Bertz CT molecular complexity index is 1270. The summed E-state index contributed by atoms with van der Waals surface area (Å²) < 4.78 is 64.0. The molecule has 9 nitrogen and oxygen atoms in total. The second kappa shape index (κ2) is 8.13. The van der Waals surface area contributed by atoms with Gasteiger partial charge in [0.15, 0.2) is 0 Å². The Labute approximate surface area is 175 Å². The van der Waals surface area contributed by atoms with Crippen LogP contribution in [-0.4, -0.2) is 39.9 Å². The Kier molecular flexibility index (Phi) is 5.89. The van der Waals surface area contributed by atoms with Crippen LogP contribution in [0.5, 0.6) is 0 Å². The lowest BCUT2D eigenvalue weighted by Crippen LogP contribution is -2.25. The molecule has 3 N–H and O–H groups in total. The van der Waals surface area contributed by atoms with Gasteiger partial charge in [-0.1, -0.05) is 0 Å². The highest BCUT2D eigenvalue weighted by Gasteiger charge is 2.30. The van der Waals surface area contributed by atoms with E-state index in [-0.39, 0.29) is 34.5 Å². The molecule has 0 aliphatic carbocycles. The summed E-state index contributed by atoms with van der Waals surface area (Å²) in [4.78, 5) is 25.2. The summed E-state index contributed by atoms with van der Waals surface area (Å²) in [6.07, 6.45) is -3.45. The first-order valence-corrected chi connectivity index (χ1v) is 10.7. The fraction of sp³-hybridized carbons (Fsp3) is 0.333. The van der Waals surface area contributed by atoms with E-state index >= 15 is 0 Å². The quantitative estimate of drug-likeness (QED) is 0.583. The van der Waals surface area contributed by atoms with Gasteiger partial charge in [0.25, 0.3) is 5.56 Å². The highest BCUT2D eigenvalue weighted by Crippen LogP contribution is 2.23. The molecule has 0 atom stereocenters. The standard InChI is InChI=1S/C18H19F3N6O3S/c1-10(2)27-15-11(8-24-17(22)25-15)7-13(16(27)28)14-4-3-12(9-23-14)26-31(29,30)6-5-18(19,20)21/h3-4,7-10,26H,5-6H2,1-2H3,(H2,22,24,25). The molecule has 0 spiro atoms. The lowest BCUT2D eigenvalue weighted by molar-refractivity contribution is -0.129. The number of nitrogens with one attached hydrogen (secondary N) is 1. The van der Waals surface area contributed by atoms with Crippen molar-refractivity contribution in [3.8, 4) is 11.3 Å². The number of nitrogen functional groups attached to an aromatic ring is 1. The number of hydrogen-bond acceptors (Lipinski definition) is 7. The Balaban J connectivity index is 1.95. The highest BCUT2D eigenvalue weighted by molar-refractivity contribution is 7.92. The first-order chi connectivity index (χ1) is 14.4. The van der Waals surface area contributed by atoms with E-state index in [2.05, 4.69) is 15.0 Å². The van der Waals surface area contributed by atoms with Gasteiger partial charge >= 0.3 is 6.18 Å². The number of nitrogens with two attached hydrogens (primary N) is 1. The normalized spacial score (nSPS) is 12.5. The predicted molar refractivity (Wildman–Crippen MR) is 110 cm³/mol. The zero-order valence-electron chi connectivity index (χ0n) is 16.5. The van der Waals surface area contributed by atoms with E-state index < -0.39 is 28.4 Å². The van der Waals surface area contributed by atoms with E-state index in [0.29, 0.717) is 11.0 Å². The molecule has 3 rings (SSSR count). The smallest absolute Gasteiger partial charge is 0.368 e. The fourth-order valence-corrected chi connectivity index (χ4v) is 3.97. The first-order valence-electron chi connectivity index (χ1n) is 9.08. The van der Waals surface area contributed by atoms with Crippen LogP contribution < -0.4 is 16.0 Å². The van der Waals surface area contributed by atoms with Gasteiger partial charge in [-0.2, -0.15) is 18.2 Å². The maximum Gasteiger partial charge on any atom is 0.390 e. The molecule has 31 heavy (non-hydrogen) atoms. The molecule has 0 bridgehead atoms. The number of anilines is 2. The van der Waals surface area contributed by atoms with Crippen LogP contribution in [-0.2, 0) is 10.0 Å². The van der Waals surface area contributed by atoms with Gasteiger partial charge < -0.3 is 5.73 Å². The molecule has 0 aliphatic heterocycles. The van der Waals surface area contributed by atoms with Crippen LogP contribution in [0, 0.1) is 0 Å². The summed E-state index contributed by atoms with van der Waals surface area (Å²) in [5.74, 6) is -1.08. The van der Waals surface area contributed by atoms with Gasteiger partial charge in [0.05, 0.1) is 35.3 Å². The number of alkyl halides is 3. The Hall–Kier alpha value is -3.22. The van der Waals surface area contributed by atoms with Crippen molar-refractivity contribution >= 4 is 32.7 Å². The first kappa shape index (κ1) is 22.5. The van der Waals surface area contributed by atoms with E-state index in [0.717, 1.165) is 6.20 Å². The molecule has 166 valence electrons. The molecule has 3 aromatic rings. The van der Waals surface area contributed by atoms with Gasteiger partial charge in [0.2, 0.25) is 16.0 Å². The number of fused-ring (bicyclic) bond motifs is 1. The van der Waals surface area contributed by atoms with Crippen molar-refractivity contribution in [3.05, 3.63) is 40.9 Å². The summed E-state index contributed by atoms with van der Waals surface area (Å²) in [5.41, 5.74) is 6.07. The van der Waals surface area contributed by atoms with Crippen molar-refractivity contribution in [1.29, 1.82) is 0 Å². The maximum atomic E-state index is 13.0. The minimum Gasteiger partial charge on any atom is -0.368 e. The Morgan fingerprint density at radius 2 is 1.90 bits per heavy atom. The summed E-state index contributed by atoms with van der Waals surface area (Å²) >= 11 is 0. The SMILES string of the molecule is CC(C)n1c(=O)c(-c2ccc(NS(=O)(=O)CCC(F)(F)F)cn2)cc2cnc(N)nc21. The van der Waals surface area contributed by atoms with Crippen LogP contribution in [0.15, 0.2) is 35.4 Å². The summed E-state index contributed by atoms with van der Waals surface area (Å²) in [5, 5.41) is 0.552. The zero-order valence-corrected chi connectivity index (χ0v) is 17.3. The molecule has 3 heterocycles. The number of pyridine rings is 2. The van der Waals surface area contributed by atoms with Gasteiger partial charge in [-0.25, -0.2) is 13.4 Å². The lowest BCUT2D eigenvalue weighted by atomic mass is 10.1. The van der Waals surface area contributed by atoms with Crippen LogP contribution in [0.25, 0.3) is 22.3 Å². The third kappa shape index (κ3) is 5.29. The van der Waals surface area contributed by atoms with Crippen LogP contribution in [0.1, 0.15) is 26.3 Å². The molecule has 0 amide bonds. The van der Waals surface area contributed by atoms with E-state index in [9.17, 15) is 26.4 Å². The molecule has 0 unspecified atom stereocenters. The molecule has 0 aromatic carbocycles. The molecule has 3 aromatic heterocycles. The number of aromatic nitrogens is 4. The lowest BCUT2D eigenvalue weighted by Gasteiger charge is -2.15. The Morgan fingerprint density at radius 3 is 2.48 bits per heavy atom. The van der Waals surface area contributed by atoms with Gasteiger partial charge in [-0.3, -0.25) is 19.1 Å². The van der Waals surface area contributed by atoms with Crippen molar-refractivity contribution in [1.82, 2.24) is 19.5 Å². The predicted octanol–water partition coefficient (Wildman–Crippen LogP) is 2.71. The molecule has 0 fully saturated rings. The zero-order chi connectivity index (χ0) is 23.0. The van der Waals surface area contributed by atoms with Crippen LogP contribution in [0.4, 0.5) is 24.8 Å². The van der Waals surface area contributed by atoms with Crippen molar-refractivity contribution < 1.29 is 21.6 Å². The Morgan fingerprint density at radius 1 is 1.19 bits per heavy atom. The van der Waals surface area contributed by atoms with E-state index in [4.69, 9.17) is 5.73 Å². The summed E-state index contributed by atoms with van der Waals surface area (Å²) in [6.45, 7) is 3.60. The maximum absolute atomic E-state index is 13.0. The largest absolute Gasteiger partial charge is 0.390 e. The van der Waals surface area contributed by atoms with Crippen molar-refractivity contribution in [2.75, 3.05) is 16.2 Å². The minimum absolute atomic E-state index is 0.0213. The van der Waals surface area contributed by atoms with Gasteiger partial charge in [-0.15, -0.1) is 0 Å². The fourth-order valence-electron chi connectivity index (χ4n) is 2.89. The number of hydrogen-bond donors (Lipinski definition) is 2. The van der Waals surface area contributed by atoms with E-state index in [1.165, 1.54) is 22.9 Å². The minimum atomic E-state index is -4.59. The average molecular weight is 456 g/mol. The second-order valence-electron chi connectivity index (χ2n) is 7.05. The number of rotatable bonds is 6.